The van der Waals surface area contributed by atoms with Gasteiger partial charge in [-0.15, -0.1) is 10.2 Å². The van der Waals surface area contributed by atoms with Crippen molar-refractivity contribution in [2.45, 2.75) is 37.6 Å². The SMILES string of the molecule is CCOc1ccc(-n2c(S[C@@H](C)C(=O)c3ccc(CC)cc3)nnc2-c2c[nH]c3ccccc23)cc1. The molecule has 0 saturated carbocycles. The predicted molar refractivity (Wildman–Crippen MR) is 145 cm³/mol. The number of aromatic amines is 1. The number of benzene rings is 3. The fourth-order valence-electron chi connectivity index (χ4n) is 4.22. The molecule has 6 nitrogen and oxygen atoms in total. The third kappa shape index (κ3) is 4.66. The van der Waals surface area contributed by atoms with Crippen molar-refractivity contribution < 1.29 is 9.53 Å². The van der Waals surface area contributed by atoms with Gasteiger partial charge in [0.1, 0.15) is 5.75 Å². The maximum atomic E-state index is 13.2. The number of aryl methyl sites for hydroxylation is 1. The lowest BCUT2D eigenvalue weighted by Gasteiger charge is -2.14. The van der Waals surface area contributed by atoms with E-state index in [1.54, 1.807) is 0 Å². The first-order valence-electron chi connectivity index (χ1n) is 12.1. The Morgan fingerprint density at radius 3 is 2.47 bits per heavy atom. The molecule has 1 atom stereocenters. The zero-order valence-electron chi connectivity index (χ0n) is 20.6. The number of hydrogen-bond donors (Lipinski definition) is 1. The van der Waals surface area contributed by atoms with Crippen LogP contribution in [0.15, 0.2) is 84.1 Å². The Bertz CT molecular complexity index is 1490. The molecule has 0 saturated heterocycles. The molecule has 5 rings (SSSR count). The molecule has 2 heterocycles. The molecular weight excluding hydrogens is 468 g/mol. The van der Waals surface area contributed by atoms with Crippen LogP contribution in [0.1, 0.15) is 36.7 Å². The number of fused-ring (bicyclic) bond motifs is 1. The summed E-state index contributed by atoms with van der Waals surface area (Å²) in [6, 6.07) is 23.8. The number of hydrogen-bond acceptors (Lipinski definition) is 5. The molecule has 0 spiro atoms. The molecule has 7 heteroatoms. The first-order valence-corrected chi connectivity index (χ1v) is 13.0. The summed E-state index contributed by atoms with van der Waals surface area (Å²) < 4.78 is 7.65. The second-order valence-corrected chi connectivity index (χ2v) is 9.80. The molecule has 0 amide bonds. The van der Waals surface area contributed by atoms with E-state index in [0.717, 1.165) is 34.3 Å². The van der Waals surface area contributed by atoms with Gasteiger partial charge in [-0.05, 0) is 56.2 Å². The van der Waals surface area contributed by atoms with E-state index in [0.29, 0.717) is 23.2 Å². The van der Waals surface area contributed by atoms with Gasteiger partial charge in [0.15, 0.2) is 16.8 Å². The molecule has 36 heavy (non-hydrogen) atoms. The Balaban J connectivity index is 1.53. The first kappa shape index (κ1) is 23.9. The lowest BCUT2D eigenvalue weighted by atomic mass is 10.1. The van der Waals surface area contributed by atoms with Gasteiger partial charge >= 0.3 is 0 Å². The van der Waals surface area contributed by atoms with Crippen LogP contribution in [0.2, 0.25) is 0 Å². The van der Waals surface area contributed by atoms with E-state index in [9.17, 15) is 4.79 Å². The number of thioether (sulfide) groups is 1. The molecule has 182 valence electrons. The summed E-state index contributed by atoms with van der Waals surface area (Å²) in [5.41, 5.74) is 4.80. The highest BCUT2D eigenvalue weighted by molar-refractivity contribution is 8.00. The van der Waals surface area contributed by atoms with Crippen LogP contribution < -0.4 is 4.74 Å². The second kappa shape index (κ2) is 10.4. The fourth-order valence-corrected chi connectivity index (χ4v) is 5.16. The number of H-pyrrole nitrogens is 1. The van der Waals surface area contributed by atoms with Crippen LogP contribution in [-0.4, -0.2) is 37.4 Å². The van der Waals surface area contributed by atoms with E-state index in [1.807, 2.05) is 91.3 Å². The van der Waals surface area contributed by atoms with Crippen LogP contribution in [0.3, 0.4) is 0 Å². The van der Waals surface area contributed by atoms with Crippen LogP contribution in [0, 0.1) is 0 Å². The standard InChI is InChI=1S/C29H28N4O2S/c1-4-20-10-12-21(13-11-20)27(34)19(3)36-29-32-31-28(25-18-30-26-9-7-6-8-24(25)26)33(29)22-14-16-23(17-15-22)35-5-2/h6-19,30H,4-5H2,1-3H3/t19-/m0/s1. The molecule has 0 aliphatic heterocycles. The Hall–Kier alpha value is -3.84. The van der Waals surface area contributed by atoms with Crippen molar-refractivity contribution >= 4 is 28.4 Å². The van der Waals surface area contributed by atoms with Gasteiger partial charge in [0, 0.05) is 33.9 Å². The number of nitrogens with zero attached hydrogens (tertiary/aromatic N) is 3. The molecule has 0 radical (unpaired) electrons. The van der Waals surface area contributed by atoms with Crippen molar-refractivity contribution in [3.05, 3.63) is 90.1 Å². The summed E-state index contributed by atoms with van der Waals surface area (Å²) in [7, 11) is 0. The highest BCUT2D eigenvalue weighted by Gasteiger charge is 2.24. The number of para-hydroxylation sites is 1. The fraction of sp³-hybridized carbons (Fsp3) is 0.207. The maximum absolute atomic E-state index is 13.2. The zero-order chi connectivity index (χ0) is 25.1. The molecule has 0 unspecified atom stereocenters. The molecule has 3 aromatic carbocycles. The number of ketones is 1. The highest BCUT2D eigenvalue weighted by atomic mass is 32.2. The van der Waals surface area contributed by atoms with Gasteiger partial charge in [-0.1, -0.05) is 61.2 Å². The molecule has 0 aliphatic carbocycles. The molecule has 0 bridgehead atoms. The molecular formula is C29H28N4O2S. The number of ether oxygens (including phenoxy) is 1. The van der Waals surface area contributed by atoms with Crippen molar-refractivity contribution in [1.29, 1.82) is 0 Å². The van der Waals surface area contributed by atoms with E-state index in [-0.39, 0.29) is 11.0 Å². The molecule has 0 aliphatic rings. The minimum Gasteiger partial charge on any atom is -0.494 e. The van der Waals surface area contributed by atoms with Gasteiger partial charge in [-0.3, -0.25) is 9.36 Å². The van der Waals surface area contributed by atoms with Gasteiger partial charge in [0.05, 0.1) is 11.9 Å². The maximum Gasteiger partial charge on any atom is 0.196 e. The van der Waals surface area contributed by atoms with E-state index in [4.69, 9.17) is 4.74 Å². The lowest BCUT2D eigenvalue weighted by molar-refractivity contribution is 0.0994. The van der Waals surface area contributed by atoms with Crippen molar-refractivity contribution in [2.75, 3.05) is 6.61 Å². The summed E-state index contributed by atoms with van der Waals surface area (Å²) in [5, 5.41) is 10.5. The minimum atomic E-state index is -0.334. The zero-order valence-corrected chi connectivity index (χ0v) is 21.4. The van der Waals surface area contributed by atoms with Crippen LogP contribution in [0.4, 0.5) is 0 Å². The van der Waals surface area contributed by atoms with Gasteiger partial charge in [-0.25, -0.2) is 0 Å². The summed E-state index contributed by atoms with van der Waals surface area (Å²) >= 11 is 1.41. The van der Waals surface area contributed by atoms with Gasteiger partial charge < -0.3 is 9.72 Å². The third-order valence-corrected chi connectivity index (χ3v) is 7.21. The third-order valence-electron chi connectivity index (χ3n) is 6.17. The Morgan fingerprint density at radius 2 is 1.75 bits per heavy atom. The van der Waals surface area contributed by atoms with E-state index < -0.39 is 0 Å². The van der Waals surface area contributed by atoms with Gasteiger partial charge in [0.25, 0.3) is 0 Å². The van der Waals surface area contributed by atoms with Gasteiger partial charge in [-0.2, -0.15) is 0 Å². The summed E-state index contributed by atoms with van der Waals surface area (Å²) in [5.74, 6) is 1.58. The summed E-state index contributed by atoms with van der Waals surface area (Å²) in [6.07, 6.45) is 2.90. The van der Waals surface area contributed by atoms with Crippen LogP contribution in [-0.2, 0) is 6.42 Å². The number of carbonyl (C=O) groups excluding carboxylic acids is 1. The average Bonchev–Trinajstić information content (AvgIpc) is 3.53. The van der Waals surface area contributed by atoms with E-state index in [2.05, 4.69) is 28.2 Å². The van der Waals surface area contributed by atoms with Crippen molar-refractivity contribution in [3.8, 4) is 22.8 Å². The van der Waals surface area contributed by atoms with Gasteiger partial charge in [0.2, 0.25) is 0 Å². The quantitative estimate of drug-likeness (QED) is 0.181. The largest absolute Gasteiger partial charge is 0.494 e. The number of Topliss-reactive ketones (excluding diaryl/α,β-unsaturated/α-hetero) is 1. The van der Waals surface area contributed by atoms with Crippen LogP contribution >= 0.6 is 11.8 Å². The average molecular weight is 497 g/mol. The van der Waals surface area contributed by atoms with E-state index >= 15 is 0 Å². The second-order valence-electron chi connectivity index (χ2n) is 8.49. The predicted octanol–water partition coefficient (Wildman–Crippen LogP) is 6.74. The molecule has 1 N–H and O–H groups in total. The normalized spacial score (nSPS) is 12.1. The summed E-state index contributed by atoms with van der Waals surface area (Å²) in [4.78, 5) is 16.6. The van der Waals surface area contributed by atoms with Crippen LogP contribution in [0.5, 0.6) is 5.75 Å². The topological polar surface area (TPSA) is 72.8 Å². The van der Waals surface area contributed by atoms with Crippen molar-refractivity contribution in [1.82, 2.24) is 19.7 Å². The van der Waals surface area contributed by atoms with Crippen LogP contribution in [0.25, 0.3) is 28.0 Å². The number of rotatable bonds is 9. The minimum absolute atomic E-state index is 0.0672. The smallest absolute Gasteiger partial charge is 0.196 e. The molecule has 5 aromatic rings. The Morgan fingerprint density at radius 1 is 1.00 bits per heavy atom. The lowest BCUT2D eigenvalue weighted by Crippen LogP contribution is -2.14. The number of carbonyl (C=O) groups is 1. The number of aromatic nitrogens is 4. The molecule has 0 fully saturated rings. The Labute approximate surface area is 214 Å². The van der Waals surface area contributed by atoms with Crippen molar-refractivity contribution in [3.63, 3.8) is 0 Å². The molecule has 2 aromatic heterocycles. The monoisotopic (exact) mass is 496 g/mol. The highest BCUT2D eigenvalue weighted by Crippen LogP contribution is 2.34. The van der Waals surface area contributed by atoms with Crippen molar-refractivity contribution in [2.24, 2.45) is 0 Å². The first-order chi connectivity index (χ1) is 17.6. The Kier molecular flexibility index (Phi) is 6.91. The van der Waals surface area contributed by atoms with E-state index in [1.165, 1.54) is 17.3 Å². The number of nitrogens with one attached hydrogen (secondary N) is 1. The summed E-state index contributed by atoms with van der Waals surface area (Å²) in [6.45, 7) is 6.59.